The quantitative estimate of drug-likeness (QED) is 0.476. The Hall–Kier alpha value is -1.45. The van der Waals surface area contributed by atoms with Crippen molar-refractivity contribution in [3.63, 3.8) is 0 Å². The summed E-state index contributed by atoms with van der Waals surface area (Å²) >= 11 is 1.31. The van der Waals surface area contributed by atoms with Crippen molar-refractivity contribution in [2.45, 2.75) is 45.8 Å². The minimum atomic E-state index is -0.508. The lowest BCUT2D eigenvalue weighted by molar-refractivity contribution is 0.00752. The van der Waals surface area contributed by atoms with Gasteiger partial charge in [0.15, 0.2) is 0 Å². The van der Waals surface area contributed by atoms with Gasteiger partial charge in [-0.2, -0.15) is 4.99 Å². The molecule has 5 heteroatoms. The molecule has 0 N–H and O–H groups in total. The molecular formula is C13H17NO3S. The number of carbonyl (C=O) groups excluding carboxylic acids is 2. The molecule has 1 aromatic rings. The lowest BCUT2D eigenvalue weighted by Crippen LogP contribution is -2.23. The van der Waals surface area contributed by atoms with E-state index in [1.165, 1.54) is 11.3 Å². The monoisotopic (exact) mass is 267 g/mol. The predicted molar refractivity (Wildman–Crippen MR) is 70.6 cm³/mol. The Balaban J connectivity index is 2.86. The Morgan fingerprint density at radius 1 is 1.50 bits per heavy atom. The van der Waals surface area contributed by atoms with Crippen LogP contribution in [-0.2, 0) is 9.53 Å². The average molecular weight is 267 g/mol. The number of carbonyl (C=O) groups is 1. The van der Waals surface area contributed by atoms with E-state index in [1.54, 1.807) is 18.2 Å². The van der Waals surface area contributed by atoms with Gasteiger partial charge in [-0.25, -0.2) is 9.59 Å². The molecule has 0 bridgehead atoms. The first-order valence-corrected chi connectivity index (χ1v) is 6.59. The van der Waals surface area contributed by atoms with Gasteiger partial charge < -0.3 is 4.74 Å². The summed E-state index contributed by atoms with van der Waals surface area (Å²) in [5.74, 6) is -0.344. The van der Waals surface area contributed by atoms with Gasteiger partial charge >= 0.3 is 5.97 Å². The summed E-state index contributed by atoms with van der Waals surface area (Å²) in [4.78, 5) is 27.2. The Labute approximate surface area is 111 Å². The predicted octanol–water partition coefficient (Wildman–Crippen LogP) is 3.49. The lowest BCUT2D eigenvalue weighted by atomic mass is 10.2. The summed E-state index contributed by atoms with van der Waals surface area (Å²) in [6.07, 6.45) is 2.26. The summed E-state index contributed by atoms with van der Waals surface area (Å²) in [6, 6.07) is 3.29. The van der Waals surface area contributed by atoms with Crippen molar-refractivity contribution in [2.75, 3.05) is 0 Å². The number of hydrogen-bond acceptors (Lipinski definition) is 5. The molecule has 1 heterocycles. The van der Waals surface area contributed by atoms with Crippen molar-refractivity contribution in [1.29, 1.82) is 0 Å². The van der Waals surface area contributed by atoms with Gasteiger partial charge in [0, 0.05) is 4.88 Å². The van der Waals surface area contributed by atoms with Crippen molar-refractivity contribution in [1.82, 2.24) is 0 Å². The topological polar surface area (TPSA) is 55.7 Å². The molecule has 0 spiro atoms. The maximum atomic E-state index is 11.8. The van der Waals surface area contributed by atoms with E-state index in [0.717, 1.165) is 4.88 Å². The van der Waals surface area contributed by atoms with E-state index in [1.807, 2.05) is 27.7 Å². The maximum Gasteiger partial charge on any atom is 0.348 e. The Morgan fingerprint density at radius 2 is 2.17 bits per heavy atom. The zero-order chi connectivity index (χ0) is 13.8. The van der Waals surface area contributed by atoms with E-state index in [4.69, 9.17) is 4.74 Å². The van der Waals surface area contributed by atoms with Gasteiger partial charge in [0.05, 0.1) is 6.04 Å². The van der Waals surface area contributed by atoms with E-state index in [0.29, 0.717) is 11.3 Å². The van der Waals surface area contributed by atoms with Crippen LogP contribution in [0.15, 0.2) is 17.1 Å². The SMILES string of the molecule is CCC(N=C=O)c1ccc(C(=O)OC(C)(C)C)s1. The van der Waals surface area contributed by atoms with Crippen molar-refractivity contribution < 1.29 is 14.3 Å². The highest BCUT2D eigenvalue weighted by atomic mass is 32.1. The molecule has 98 valence electrons. The number of nitrogens with zero attached hydrogens (tertiary/aromatic N) is 1. The molecule has 4 nitrogen and oxygen atoms in total. The van der Waals surface area contributed by atoms with Crippen LogP contribution in [0.5, 0.6) is 0 Å². The Kier molecular flexibility index (Phi) is 4.82. The molecule has 0 saturated carbocycles. The summed E-state index contributed by atoms with van der Waals surface area (Å²) in [5, 5.41) is 0. The minimum Gasteiger partial charge on any atom is -0.456 e. The number of thiophene rings is 1. The number of hydrogen-bond donors (Lipinski definition) is 0. The summed E-state index contributed by atoms with van der Waals surface area (Å²) in [5.41, 5.74) is -0.508. The second-order valence-electron chi connectivity index (χ2n) is 4.85. The van der Waals surface area contributed by atoms with Gasteiger partial charge in [-0.15, -0.1) is 11.3 Å². The third-order valence-electron chi connectivity index (χ3n) is 2.15. The third kappa shape index (κ3) is 4.09. The number of ether oxygens (including phenoxy) is 1. The molecule has 1 aromatic heterocycles. The number of isocyanates is 1. The van der Waals surface area contributed by atoms with Crippen LogP contribution in [0, 0.1) is 0 Å². The summed E-state index contributed by atoms with van der Waals surface area (Å²) < 4.78 is 5.27. The smallest absolute Gasteiger partial charge is 0.348 e. The van der Waals surface area contributed by atoms with Crippen molar-refractivity contribution in [2.24, 2.45) is 4.99 Å². The molecule has 0 aliphatic carbocycles. The van der Waals surface area contributed by atoms with Crippen LogP contribution >= 0.6 is 11.3 Å². The fourth-order valence-corrected chi connectivity index (χ4v) is 2.40. The van der Waals surface area contributed by atoms with Gasteiger partial charge in [0.25, 0.3) is 0 Å². The largest absolute Gasteiger partial charge is 0.456 e. The third-order valence-corrected chi connectivity index (χ3v) is 3.32. The molecule has 0 radical (unpaired) electrons. The normalized spacial score (nSPS) is 12.7. The number of esters is 1. The fourth-order valence-electron chi connectivity index (χ4n) is 1.39. The van der Waals surface area contributed by atoms with Gasteiger partial charge in [0.2, 0.25) is 6.08 Å². The zero-order valence-corrected chi connectivity index (χ0v) is 11.8. The summed E-state index contributed by atoms with van der Waals surface area (Å²) in [6.45, 7) is 7.40. The first-order valence-electron chi connectivity index (χ1n) is 5.77. The van der Waals surface area contributed by atoms with Crippen molar-refractivity contribution in [3.8, 4) is 0 Å². The zero-order valence-electron chi connectivity index (χ0n) is 11.0. The molecule has 0 fully saturated rings. The van der Waals surface area contributed by atoms with E-state index in [9.17, 15) is 9.59 Å². The van der Waals surface area contributed by atoms with E-state index in [-0.39, 0.29) is 12.0 Å². The highest BCUT2D eigenvalue weighted by Crippen LogP contribution is 2.29. The molecule has 0 saturated heterocycles. The van der Waals surface area contributed by atoms with E-state index in [2.05, 4.69) is 4.99 Å². The average Bonchev–Trinajstić information content (AvgIpc) is 2.72. The highest BCUT2D eigenvalue weighted by molar-refractivity contribution is 7.14. The number of rotatable bonds is 4. The van der Waals surface area contributed by atoms with E-state index >= 15 is 0 Å². The van der Waals surface area contributed by atoms with Crippen LogP contribution in [0.4, 0.5) is 0 Å². The van der Waals surface area contributed by atoms with Gasteiger partial charge in [-0.1, -0.05) is 6.92 Å². The van der Waals surface area contributed by atoms with Gasteiger partial charge in [0.1, 0.15) is 10.5 Å². The molecule has 0 aliphatic heterocycles. The van der Waals surface area contributed by atoms with Crippen LogP contribution in [0.2, 0.25) is 0 Å². The van der Waals surface area contributed by atoms with Crippen molar-refractivity contribution >= 4 is 23.4 Å². The van der Waals surface area contributed by atoms with Crippen LogP contribution in [0.3, 0.4) is 0 Å². The molecular weight excluding hydrogens is 250 g/mol. The van der Waals surface area contributed by atoms with Gasteiger partial charge in [-0.3, -0.25) is 0 Å². The molecule has 18 heavy (non-hydrogen) atoms. The van der Waals surface area contributed by atoms with E-state index < -0.39 is 5.60 Å². The van der Waals surface area contributed by atoms with Gasteiger partial charge in [-0.05, 0) is 39.3 Å². The number of aliphatic imine (C=N–C) groups is 1. The maximum absolute atomic E-state index is 11.8. The Morgan fingerprint density at radius 3 is 2.67 bits per heavy atom. The van der Waals surface area contributed by atoms with Crippen LogP contribution in [0.1, 0.15) is 54.7 Å². The molecule has 0 amide bonds. The van der Waals surface area contributed by atoms with Crippen LogP contribution in [0.25, 0.3) is 0 Å². The van der Waals surface area contributed by atoms with Crippen LogP contribution in [-0.4, -0.2) is 17.7 Å². The fraction of sp³-hybridized carbons (Fsp3) is 0.538. The Bertz CT molecular complexity index is 467. The highest BCUT2D eigenvalue weighted by Gasteiger charge is 2.20. The minimum absolute atomic E-state index is 0.219. The molecule has 1 atom stereocenters. The second kappa shape index (κ2) is 5.94. The second-order valence-corrected chi connectivity index (χ2v) is 5.96. The van der Waals surface area contributed by atoms with Crippen molar-refractivity contribution in [3.05, 3.63) is 21.9 Å². The van der Waals surface area contributed by atoms with Crippen LogP contribution < -0.4 is 0 Å². The molecule has 1 rings (SSSR count). The first kappa shape index (κ1) is 14.6. The molecule has 1 unspecified atom stereocenters. The standard InChI is InChI=1S/C13H17NO3S/c1-5-9(14-8-15)10-6-7-11(18-10)12(16)17-13(2,3)4/h6-7,9H,5H2,1-4H3. The lowest BCUT2D eigenvalue weighted by Gasteiger charge is -2.18. The first-order chi connectivity index (χ1) is 8.37. The molecule has 0 aromatic carbocycles. The summed E-state index contributed by atoms with van der Waals surface area (Å²) in [7, 11) is 0. The molecule has 0 aliphatic rings.